The number of guanidine groups is 1. The van der Waals surface area contributed by atoms with Crippen molar-refractivity contribution in [1.82, 2.24) is 19.8 Å². The summed E-state index contributed by atoms with van der Waals surface area (Å²) in [6.07, 6.45) is 6.61. The Bertz CT molecular complexity index is 554. The molecule has 0 amide bonds. The number of nitrogens with one attached hydrogen (secondary N) is 2. The summed E-state index contributed by atoms with van der Waals surface area (Å²) in [5.41, 5.74) is 0. The Kier molecular flexibility index (Phi) is 10.9. The Labute approximate surface area is 182 Å². The highest BCUT2D eigenvalue weighted by Crippen LogP contribution is 2.32. The van der Waals surface area contributed by atoms with Crippen molar-refractivity contribution in [2.24, 2.45) is 16.8 Å². The largest absolute Gasteiger partial charge is 0.355 e. The van der Waals surface area contributed by atoms with E-state index in [4.69, 9.17) is 0 Å². The SMILES string of the molecule is CN=C(NCCNS(C)(=O)=O)N1CCN(C2CCC(C(C)C)CC2)CC1.I. The zero-order valence-electron chi connectivity index (χ0n) is 17.3. The van der Waals surface area contributed by atoms with Crippen LogP contribution < -0.4 is 10.0 Å². The van der Waals surface area contributed by atoms with Crippen molar-refractivity contribution in [3.63, 3.8) is 0 Å². The minimum absolute atomic E-state index is 0. The predicted molar refractivity (Wildman–Crippen MR) is 123 cm³/mol. The molecule has 2 fully saturated rings. The molecule has 1 aliphatic heterocycles. The van der Waals surface area contributed by atoms with Crippen molar-refractivity contribution in [2.45, 2.75) is 45.6 Å². The van der Waals surface area contributed by atoms with Crippen LogP contribution in [0.4, 0.5) is 0 Å². The van der Waals surface area contributed by atoms with Gasteiger partial charge in [0.25, 0.3) is 0 Å². The normalized spacial score (nSPS) is 25.4. The van der Waals surface area contributed by atoms with Gasteiger partial charge in [0.2, 0.25) is 10.0 Å². The first kappa shape index (κ1) is 24.9. The standard InChI is InChI=1S/C18H37N5O2S.HI/c1-15(2)16-5-7-17(8-6-16)22-11-13-23(14-12-22)18(19-3)20-9-10-21-26(4,24)25;/h15-17,21H,5-14H2,1-4H3,(H,19,20);1H. The summed E-state index contributed by atoms with van der Waals surface area (Å²) in [6, 6.07) is 0.751. The minimum Gasteiger partial charge on any atom is -0.355 e. The van der Waals surface area contributed by atoms with Crippen LogP contribution in [-0.4, -0.2) is 82.8 Å². The van der Waals surface area contributed by atoms with E-state index in [1.54, 1.807) is 7.05 Å². The topological polar surface area (TPSA) is 77.0 Å². The number of piperazine rings is 1. The molecule has 9 heteroatoms. The molecule has 1 heterocycles. The lowest BCUT2D eigenvalue weighted by atomic mass is 9.79. The van der Waals surface area contributed by atoms with Crippen LogP contribution in [0.1, 0.15) is 39.5 Å². The molecule has 0 radical (unpaired) electrons. The molecule has 7 nitrogen and oxygen atoms in total. The van der Waals surface area contributed by atoms with E-state index in [1.807, 2.05) is 0 Å². The van der Waals surface area contributed by atoms with Gasteiger partial charge < -0.3 is 10.2 Å². The lowest BCUT2D eigenvalue weighted by molar-refractivity contribution is 0.0864. The second-order valence-corrected chi connectivity index (χ2v) is 9.81. The molecule has 0 spiro atoms. The summed E-state index contributed by atoms with van der Waals surface area (Å²) in [5, 5.41) is 3.25. The number of aliphatic imine (C=N–C) groups is 1. The Morgan fingerprint density at radius 2 is 1.67 bits per heavy atom. The molecule has 1 aliphatic carbocycles. The van der Waals surface area contributed by atoms with Gasteiger partial charge in [-0.05, 0) is 37.5 Å². The van der Waals surface area contributed by atoms with Gasteiger partial charge in [0.15, 0.2) is 5.96 Å². The fraction of sp³-hybridized carbons (Fsp3) is 0.944. The van der Waals surface area contributed by atoms with Gasteiger partial charge in [-0.3, -0.25) is 9.89 Å². The molecule has 0 aromatic carbocycles. The van der Waals surface area contributed by atoms with Gasteiger partial charge >= 0.3 is 0 Å². The van der Waals surface area contributed by atoms with Gasteiger partial charge in [0, 0.05) is 52.4 Å². The number of nitrogens with zero attached hydrogens (tertiary/aromatic N) is 3. The van der Waals surface area contributed by atoms with Gasteiger partial charge in [0.1, 0.15) is 0 Å². The van der Waals surface area contributed by atoms with E-state index in [9.17, 15) is 8.42 Å². The van der Waals surface area contributed by atoms with Gasteiger partial charge in [-0.2, -0.15) is 0 Å². The molecule has 0 aromatic heterocycles. The van der Waals surface area contributed by atoms with Crippen molar-refractivity contribution in [3.8, 4) is 0 Å². The number of sulfonamides is 1. The van der Waals surface area contributed by atoms with E-state index < -0.39 is 10.0 Å². The maximum Gasteiger partial charge on any atom is 0.208 e. The van der Waals surface area contributed by atoms with E-state index in [0.717, 1.165) is 50.0 Å². The molecular formula is C18H38IN5O2S. The summed E-state index contributed by atoms with van der Waals surface area (Å²) in [5.74, 6) is 2.60. The molecule has 160 valence electrons. The molecule has 0 aromatic rings. The smallest absolute Gasteiger partial charge is 0.208 e. The summed E-state index contributed by atoms with van der Waals surface area (Å²) >= 11 is 0. The molecule has 0 unspecified atom stereocenters. The number of hydrogen-bond donors (Lipinski definition) is 2. The third kappa shape index (κ3) is 8.41. The van der Waals surface area contributed by atoms with Crippen LogP contribution in [0.5, 0.6) is 0 Å². The van der Waals surface area contributed by atoms with Crippen LogP contribution in [-0.2, 0) is 10.0 Å². The molecule has 2 rings (SSSR count). The summed E-state index contributed by atoms with van der Waals surface area (Å²) in [7, 11) is -1.35. The molecule has 0 atom stereocenters. The Balaban J connectivity index is 0.00000364. The molecule has 0 bridgehead atoms. The quantitative estimate of drug-likeness (QED) is 0.243. The van der Waals surface area contributed by atoms with E-state index >= 15 is 0 Å². The van der Waals surface area contributed by atoms with Gasteiger partial charge in [0.05, 0.1) is 6.26 Å². The third-order valence-corrected chi connectivity index (χ3v) is 6.53. The first-order chi connectivity index (χ1) is 12.3. The summed E-state index contributed by atoms with van der Waals surface area (Å²) in [4.78, 5) is 9.28. The Morgan fingerprint density at radius 1 is 1.07 bits per heavy atom. The first-order valence-electron chi connectivity index (χ1n) is 9.94. The molecule has 1 saturated heterocycles. The second kappa shape index (κ2) is 11.8. The maximum absolute atomic E-state index is 11.1. The van der Waals surface area contributed by atoms with E-state index in [2.05, 4.69) is 38.7 Å². The van der Waals surface area contributed by atoms with E-state index in [1.165, 1.54) is 31.9 Å². The minimum atomic E-state index is -3.13. The molecule has 1 saturated carbocycles. The van der Waals surface area contributed by atoms with Crippen LogP contribution >= 0.6 is 24.0 Å². The van der Waals surface area contributed by atoms with Crippen molar-refractivity contribution in [1.29, 1.82) is 0 Å². The first-order valence-corrected chi connectivity index (χ1v) is 11.8. The highest BCUT2D eigenvalue weighted by atomic mass is 127. The molecule has 2 N–H and O–H groups in total. The number of halogens is 1. The fourth-order valence-corrected chi connectivity index (χ4v) is 4.65. The molecule has 27 heavy (non-hydrogen) atoms. The van der Waals surface area contributed by atoms with Crippen molar-refractivity contribution >= 4 is 40.0 Å². The van der Waals surface area contributed by atoms with E-state index in [-0.39, 0.29) is 24.0 Å². The third-order valence-electron chi connectivity index (χ3n) is 5.80. The van der Waals surface area contributed by atoms with Crippen LogP contribution in [0.25, 0.3) is 0 Å². The predicted octanol–water partition coefficient (Wildman–Crippen LogP) is 1.56. The monoisotopic (exact) mass is 515 g/mol. The second-order valence-electron chi connectivity index (χ2n) is 7.98. The van der Waals surface area contributed by atoms with Crippen molar-refractivity contribution < 1.29 is 8.42 Å². The molecular weight excluding hydrogens is 477 g/mol. The summed E-state index contributed by atoms with van der Waals surface area (Å²) < 4.78 is 24.7. The number of hydrogen-bond acceptors (Lipinski definition) is 4. The maximum atomic E-state index is 11.1. The number of rotatable bonds is 6. The average Bonchev–Trinajstić information content (AvgIpc) is 2.61. The van der Waals surface area contributed by atoms with Crippen molar-refractivity contribution in [2.75, 3.05) is 52.6 Å². The van der Waals surface area contributed by atoms with Crippen LogP contribution in [0.3, 0.4) is 0 Å². The van der Waals surface area contributed by atoms with Crippen LogP contribution in [0, 0.1) is 11.8 Å². The lowest BCUT2D eigenvalue weighted by Gasteiger charge is -2.43. The zero-order chi connectivity index (χ0) is 19.2. The van der Waals surface area contributed by atoms with Crippen LogP contribution in [0.2, 0.25) is 0 Å². The van der Waals surface area contributed by atoms with Gasteiger partial charge in [-0.25, -0.2) is 13.1 Å². The van der Waals surface area contributed by atoms with Gasteiger partial charge in [-0.1, -0.05) is 13.8 Å². The lowest BCUT2D eigenvalue weighted by Crippen LogP contribution is -2.55. The van der Waals surface area contributed by atoms with Crippen LogP contribution in [0.15, 0.2) is 4.99 Å². The highest BCUT2D eigenvalue weighted by Gasteiger charge is 2.29. The van der Waals surface area contributed by atoms with E-state index in [0.29, 0.717) is 13.1 Å². The fourth-order valence-electron chi connectivity index (χ4n) is 4.18. The highest BCUT2D eigenvalue weighted by molar-refractivity contribution is 14.0. The van der Waals surface area contributed by atoms with Crippen molar-refractivity contribution in [3.05, 3.63) is 0 Å². The Hall–Kier alpha value is -0.130. The van der Waals surface area contributed by atoms with Gasteiger partial charge in [-0.15, -0.1) is 24.0 Å². The average molecular weight is 516 g/mol. The Morgan fingerprint density at radius 3 is 2.15 bits per heavy atom. The molecule has 2 aliphatic rings. The summed E-state index contributed by atoms with van der Waals surface area (Å²) in [6.45, 7) is 9.74. The zero-order valence-corrected chi connectivity index (χ0v) is 20.4.